The monoisotopic (exact) mass is 410 g/mol. The summed E-state index contributed by atoms with van der Waals surface area (Å²) in [6.45, 7) is 5.73. The number of thioether (sulfide) groups is 1. The molecule has 1 amide bonds. The van der Waals surface area contributed by atoms with Crippen molar-refractivity contribution < 1.29 is 4.79 Å². The fourth-order valence-corrected chi connectivity index (χ4v) is 4.39. The summed E-state index contributed by atoms with van der Waals surface area (Å²) in [5.74, 6) is 0.411. The molecular formula is C19H18N6OS2. The number of hydrogen-bond donors (Lipinski definition) is 1. The first-order valence-corrected chi connectivity index (χ1v) is 10.4. The lowest BCUT2D eigenvalue weighted by molar-refractivity contribution is -0.115. The molecule has 28 heavy (non-hydrogen) atoms. The number of hydrogen-bond acceptors (Lipinski definition) is 7. The average Bonchev–Trinajstić information content (AvgIpc) is 3.29. The predicted molar refractivity (Wildman–Crippen MR) is 112 cm³/mol. The number of carbonyl (C=O) groups excluding carboxylic acids is 1. The summed E-state index contributed by atoms with van der Waals surface area (Å²) in [6, 6.07) is 11.8. The SMILES string of the molecule is Cc1cc(C)n2c(S[C@@H](C)C(=O)Nc3nc(-c4ccccc4)cs3)nnc2n1. The summed E-state index contributed by atoms with van der Waals surface area (Å²) in [5.41, 5.74) is 3.74. The van der Waals surface area contributed by atoms with Crippen LogP contribution in [0.5, 0.6) is 0 Å². The number of fused-ring (bicyclic) bond motifs is 1. The molecule has 0 fully saturated rings. The Balaban J connectivity index is 1.47. The van der Waals surface area contributed by atoms with Crippen LogP contribution >= 0.6 is 23.1 Å². The number of aromatic nitrogens is 5. The second-order valence-electron chi connectivity index (χ2n) is 6.31. The van der Waals surface area contributed by atoms with Gasteiger partial charge in [-0.15, -0.1) is 21.5 Å². The number of anilines is 1. The van der Waals surface area contributed by atoms with Gasteiger partial charge < -0.3 is 5.32 Å². The van der Waals surface area contributed by atoms with Crippen LogP contribution in [0.1, 0.15) is 18.3 Å². The van der Waals surface area contributed by atoms with Crippen LogP contribution in [0.4, 0.5) is 5.13 Å². The van der Waals surface area contributed by atoms with Gasteiger partial charge in [-0.3, -0.25) is 9.20 Å². The van der Waals surface area contributed by atoms with Gasteiger partial charge in [0.25, 0.3) is 5.78 Å². The molecule has 0 saturated heterocycles. The highest BCUT2D eigenvalue weighted by molar-refractivity contribution is 8.00. The molecule has 4 rings (SSSR count). The average molecular weight is 411 g/mol. The second-order valence-corrected chi connectivity index (χ2v) is 8.48. The zero-order chi connectivity index (χ0) is 19.7. The molecular weight excluding hydrogens is 392 g/mol. The Kier molecular flexibility index (Phi) is 5.10. The van der Waals surface area contributed by atoms with Crippen LogP contribution in [-0.2, 0) is 4.79 Å². The van der Waals surface area contributed by atoms with E-state index in [1.807, 2.05) is 67.0 Å². The molecule has 1 N–H and O–H groups in total. The maximum absolute atomic E-state index is 12.6. The summed E-state index contributed by atoms with van der Waals surface area (Å²) in [6.07, 6.45) is 0. The number of aryl methyl sites for hydroxylation is 2. The van der Waals surface area contributed by atoms with Crippen molar-refractivity contribution in [3.05, 3.63) is 53.2 Å². The van der Waals surface area contributed by atoms with Gasteiger partial charge in [-0.2, -0.15) is 0 Å². The van der Waals surface area contributed by atoms with E-state index in [0.717, 1.165) is 22.6 Å². The normalized spacial score (nSPS) is 12.2. The summed E-state index contributed by atoms with van der Waals surface area (Å²) in [7, 11) is 0. The Morgan fingerprint density at radius 3 is 2.75 bits per heavy atom. The van der Waals surface area contributed by atoms with Crippen molar-refractivity contribution in [3.63, 3.8) is 0 Å². The Labute approximate surface area is 170 Å². The van der Waals surface area contributed by atoms with Crippen molar-refractivity contribution in [2.24, 2.45) is 0 Å². The number of nitrogens with one attached hydrogen (secondary N) is 1. The van der Waals surface area contributed by atoms with Crippen molar-refractivity contribution in [3.8, 4) is 11.3 Å². The molecule has 0 aliphatic heterocycles. The smallest absolute Gasteiger partial charge is 0.256 e. The van der Waals surface area contributed by atoms with Crippen molar-refractivity contribution in [2.45, 2.75) is 31.2 Å². The summed E-state index contributed by atoms with van der Waals surface area (Å²) in [5, 5.41) is 14.0. The number of carbonyl (C=O) groups is 1. The number of amides is 1. The predicted octanol–water partition coefficient (Wildman–Crippen LogP) is 3.98. The molecule has 7 nitrogen and oxygen atoms in total. The largest absolute Gasteiger partial charge is 0.301 e. The van der Waals surface area contributed by atoms with Crippen LogP contribution in [0.2, 0.25) is 0 Å². The van der Waals surface area contributed by atoms with Crippen LogP contribution in [0, 0.1) is 13.8 Å². The van der Waals surface area contributed by atoms with Gasteiger partial charge in [-0.05, 0) is 26.8 Å². The minimum atomic E-state index is -0.364. The van der Waals surface area contributed by atoms with Crippen LogP contribution in [-0.4, -0.2) is 35.7 Å². The second kappa shape index (κ2) is 7.69. The highest BCUT2D eigenvalue weighted by Gasteiger charge is 2.20. The molecule has 142 valence electrons. The van der Waals surface area contributed by atoms with Gasteiger partial charge in [0, 0.05) is 22.3 Å². The third kappa shape index (κ3) is 3.76. The lowest BCUT2D eigenvalue weighted by Gasteiger charge is -2.10. The Morgan fingerprint density at radius 1 is 1.18 bits per heavy atom. The maximum atomic E-state index is 12.6. The van der Waals surface area contributed by atoms with Crippen molar-refractivity contribution >= 4 is 39.9 Å². The van der Waals surface area contributed by atoms with Crippen LogP contribution < -0.4 is 5.32 Å². The third-order valence-electron chi connectivity index (χ3n) is 4.12. The number of thiazole rings is 1. The Bertz CT molecular complexity index is 1140. The van der Waals surface area contributed by atoms with E-state index in [4.69, 9.17) is 0 Å². The van der Waals surface area contributed by atoms with Gasteiger partial charge in [0.2, 0.25) is 5.91 Å². The van der Waals surface area contributed by atoms with E-state index < -0.39 is 0 Å². The lowest BCUT2D eigenvalue weighted by atomic mass is 10.2. The fraction of sp³-hybridized carbons (Fsp3) is 0.211. The first kappa shape index (κ1) is 18.6. The minimum absolute atomic E-state index is 0.131. The quantitative estimate of drug-likeness (QED) is 0.501. The lowest BCUT2D eigenvalue weighted by Crippen LogP contribution is -2.22. The van der Waals surface area contributed by atoms with Crippen LogP contribution in [0.15, 0.2) is 46.9 Å². The molecule has 0 bridgehead atoms. The zero-order valence-corrected chi connectivity index (χ0v) is 17.2. The zero-order valence-electron chi connectivity index (χ0n) is 15.6. The molecule has 0 unspecified atom stereocenters. The molecule has 0 radical (unpaired) electrons. The van der Waals surface area contributed by atoms with Crippen molar-refractivity contribution in [1.82, 2.24) is 24.6 Å². The van der Waals surface area contributed by atoms with E-state index in [-0.39, 0.29) is 11.2 Å². The molecule has 0 aliphatic rings. The van der Waals surface area contributed by atoms with Gasteiger partial charge in [-0.1, -0.05) is 42.1 Å². The summed E-state index contributed by atoms with van der Waals surface area (Å²) >= 11 is 2.75. The molecule has 4 aromatic rings. The van der Waals surface area contributed by atoms with Crippen molar-refractivity contribution in [2.75, 3.05) is 5.32 Å². The van der Waals surface area contributed by atoms with E-state index in [2.05, 4.69) is 25.5 Å². The molecule has 0 saturated carbocycles. The summed E-state index contributed by atoms with van der Waals surface area (Å²) in [4.78, 5) is 21.5. The van der Waals surface area contributed by atoms with Gasteiger partial charge in [0.1, 0.15) is 0 Å². The molecule has 3 heterocycles. The Morgan fingerprint density at radius 2 is 1.96 bits per heavy atom. The standard InChI is InChI=1S/C19H18N6OS2/c1-11-9-12(2)25-17(20-11)23-24-19(25)28-13(3)16(26)22-18-21-15(10-27-18)14-7-5-4-6-8-14/h4-10,13H,1-3H3,(H,21,22,26)/t13-/m0/s1. The molecule has 0 aliphatic carbocycles. The van der Waals surface area contributed by atoms with E-state index in [1.165, 1.54) is 23.1 Å². The minimum Gasteiger partial charge on any atom is -0.301 e. The van der Waals surface area contributed by atoms with Crippen molar-refractivity contribution in [1.29, 1.82) is 0 Å². The first-order chi connectivity index (χ1) is 13.5. The van der Waals surface area contributed by atoms with Gasteiger partial charge in [0.05, 0.1) is 10.9 Å². The molecule has 1 atom stereocenters. The van der Waals surface area contributed by atoms with Crippen LogP contribution in [0.25, 0.3) is 17.0 Å². The van der Waals surface area contributed by atoms with E-state index >= 15 is 0 Å². The maximum Gasteiger partial charge on any atom is 0.256 e. The summed E-state index contributed by atoms with van der Waals surface area (Å²) < 4.78 is 1.86. The highest BCUT2D eigenvalue weighted by atomic mass is 32.2. The molecule has 3 aromatic heterocycles. The van der Waals surface area contributed by atoms with Gasteiger partial charge in [0.15, 0.2) is 10.3 Å². The Hall–Kier alpha value is -2.78. The fourth-order valence-electron chi connectivity index (χ4n) is 2.77. The van der Waals surface area contributed by atoms with E-state index in [1.54, 1.807) is 0 Å². The topological polar surface area (TPSA) is 85.1 Å². The third-order valence-corrected chi connectivity index (χ3v) is 5.92. The van der Waals surface area contributed by atoms with Crippen LogP contribution in [0.3, 0.4) is 0 Å². The first-order valence-electron chi connectivity index (χ1n) is 8.69. The highest BCUT2D eigenvalue weighted by Crippen LogP contribution is 2.27. The molecule has 0 spiro atoms. The number of benzene rings is 1. The van der Waals surface area contributed by atoms with Gasteiger partial charge in [-0.25, -0.2) is 9.97 Å². The van der Waals surface area contributed by atoms with E-state index in [9.17, 15) is 4.79 Å². The van der Waals surface area contributed by atoms with Gasteiger partial charge >= 0.3 is 0 Å². The number of rotatable bonds is 5. The van der Waals surface area contributed by atoms with E-state index in [0.29, 0.717) is 16.1 Å². The number of nitrogens with zero attached hydrogens (tertiary/aromatic N) is 5. The molecule has 9 heteroatoms. The molecule has 1 aromatic carbocycles.